The highest BCUT2D eigenvalue weighted by Gasteiger charge is 2.20. The molecule has 0 saturated heterocycles. The summed E-state index contributed by atoms with van der Waals surface area (Å²) in [5.41, 5.74) is 0. The van der Waals surface area contributed by atoms with Crippen LogP contribution in [-0.2, 0) is 17.9 Å². The van der Waals surface area contributed by atoms with Crippen LogP contribution in [-0.4, -0.2) is 45.2 Å². The topological polar surface area (TPSA) is 63.1 Å². The molecule has 2 rings (SSSR count). The first-order valence-corrected chi connectivity index (χ1v) is 5.16. The summed E-state index contributed by atoms with van der Waals surface area (Å²) < 4.78 is 1.98. The minimum absolute atomic E-state index is 0.131. The van der Waals surface area contributed by atoms with Crippen molar-refractivity contribution in [2.75, 3.05) is 19.6 Å². The summed E-state index contributed by atoms with van der Waals surface area (Å²) in [6, 6.07) is 0. The summed E-state index contributed by atoms with van der Waals surface area (Å²) in [6.45, 7) is 5.32. The van der Waals surface area contributed by atoms with Crippen LogP contribution in [0.4, 0.5) is 0 Å². The van der Waals surface area contributed by atoms with Gasteiger partial charge in [-0.1, -0.05) is 6.92 Å². The van der Waals surface area contributed by atoms with Crippen molar-refractivity contribution in [3.8, 4) is 0 Å². The minimum Gasteiger partial charge on any atom is -0.332 e. The molecule has 1 aromatic rings. The second kappa shape index (κ2) is 4.39. The lowest BCUT2D eigenvalue weighted by Gasteiger charge is -2.27. The van der Waals surface area contributed by atoms with Crippen molar-refractivity contribution in [1.82, 2.24) is 25.0 Å². The van der Waals surface area contributed by atoms with Crippen molar-refractivity contribution in [3.05, 3.63) is 12.2 Å². The SMILES string of the molecule is CCNCC(=O)N1CCn2cnnc2C1. The molecule has 15 heavy (non-hydrogen) atoms. The van der Waals surface area contributed by atoms with Crippen LogP contribution in [0.5, 0.6) is 0 Å². The fourth-order valence-corrected chi connectivity index (χ4v) is 1.62. The van der Waals surface area contributed by atoms with Gasteiger partial charge in [-0.15, -0.1) is 10.2 Å². The summed E-state index contributed by atoms with van der Waals surface area (Å²) in [5.74, 6) is 0.997. The van der Waals surface area contributed by atoms with Gasteiger partial charge in [0.25, 0.3) is 0 Å². The zero-order valence-electron chi connectivity index (χ0n) is 8.81. The van der Waals surface area contributed by atoms with Crippen molar-refractivity contribution in [2.45, 2.75) is 20.0 Å². The number of aromatic nitrogens is 3. The maximum Gasteiger partial charge on any atom is 0.236 e. The Kier molecular flexibility index (Phi) is 2.96. The average Bonchev–Trinajstić information content (AvgIpc) is 2.72. The Morgan fingerprint density at radius 3 is 3.27 bits per heavy atom. The summed E-state index contributed by atoms with van der Waals surface area (Å²) >= 11 is 0. The Morgan fingerprint density at radius 2 is 2.47 bits per heavy atom. The quantitative estimate of drug-likeness (QED) is 0.710. The van der Waals surface area contributed by atoms with Gasteiger partial charge in [0.05, 0.1) is 13.1 Å². The predicted octanol–water partition coefficient (Wildman–Crippen LogP) is -0.770. The molecule has 1 aliphatic rings. The van der Waals surface area contributed by atoms with Crippen molar-refractivity contribution >= 4 is 5.91 Å². The van der Waals surface area contributed by atoms with Gasteiger partial charge in [0.15, 0.2) is 5.82 Å². The van der Waals surface area contributed by atoms with Gasteiger partial charge in [-0.05, 0) is 6.54 Å². The van der Waals surface area contributed by atoms with Crippen LogP contribution in [0.15, 0.2) is 6.33 Å². The summed E-state index contributed by atoms with van der Waals surface area (Å²) in [7, 11) is 0. The van der Waals surface area contributed by atoms with Gasteiger partial charge in [-0.3, -0.25) is 4.79 Å². The van der Waals surface area contributed by atoms with E-state index in [0.29, 0.717) is 13.1 Å². The van der Waals surface area contributed by atoms with Crippen molar-refractivity contribution < 1.29 is 4.79 Å². The number of hydrogen-bond donors (Lipinski definition) is 1. The normalized spacial score (nSPS) is 15.1. The second-order valence-corrected chi connectivity index (χ2v) is 3.54. The van der Waals surface area contributed by atoms with Crippen LogP contribution < -0.4 is 5.32 Å². The molecule has 0 radical (unpaired) electrons. The van der Waals surface area contributed by atoms with Gasteiger partial charge in [-0.25, -0.2) is 0 Å². The van der Waals surface area contributed by atoms with E-state index in [-0.39, 0.29) is 5.91 Å². The number of hydrogen-bond acceptors (Lipinski definition) is 4. The highest BCUT2D eigenvalue weighted by molar-refractivity contribution is 5.78. The fraction of sp³-hybridized carbons (Fsp3) is 0.667. The molecule has 0 saturated carbocycles. The van der Waals surface area contributed by atoms with Crippen LogP contribution in [0.25, 0.3) is 0 Å². The Labute approximate surface area is 88.3 Å². The van der Waals surface area contributed by atoms with Gasteiger partial charge in [0.1, 0.15) is 6.33 Å². The van der Waals surface area contributed by atoms with Gasteiger partial charge >= 0.3 is 0 Å². The molecular formula is C9H15N5O. The smallest absolute Gasteiger partial charge is 0.236 e. The summed E-state index contributed by atoms with van der Waals surface area (Å²) in [5, 5.41) is 10.8. The zero-order valence-corrected chi connectivity index (χ0v) is 8.81. The van der Waals surface area contributed by atoms with Crippen LogP contribution in [0.1, 0.15) is 12.7 Å². The Morgan fingerprint density at radius 1 is 1.60 bits per heavy atom. The van der Waals surface area contributed by atoms with E-state index in [1.54, 1.807) is 6.33 Å². The number of fused-ring (bicyclic) bond motifs is 1. The molecule has 0 aromatic carbocycles. The number of carbonyl (C=O) groups is 1. The van der Waals surface area contributed by atoms with E-state index in [1.807, 2.05) is 16.4 Å². The van der Waals surface area contributed by atoms with Crippen LogP contribution >= 0.6 is 0 Å². The number of likely N-dealkylation sites (N-methyl/N-ethyl adjacent to an activating group) is 1. The number of amides is 1. The summed E-state index contributed by atoms with van der Waals surface area (Å²) in [6.07, 6.45) is 1.71. The molecular weight excluding hydrogens is 194 g/mol. The van der Waals surface area contributed by atoms with Crippen molar-refractivity contribution in [3.63, 3.8) is 0 Å². The molecule has 1 aromatic heterocycles. The van der Waals surface area contributed by atoms with Crippen molar-refractivity contribution in [1.29, 1.82) is 0 Å². The molecule has 2 heterocycles. The number of carbonyl (C=O) groups excluding carboxylic acids is 1. The average molecular weight is 209 g/mol. The Bertz CT molecular complexity index is 348. The van der Waals surface area contributed by atoms with E-state index in [1.165, 1.54) is 0 Å². The van der Waals surface area contributed by atoms with Gasteiger partial charge in [0.2, 0.25) is 5.91 Å². The Balaban J connectivity index is 1.94. The third-order valence-electron chi connectivity index (χ3n) is 2.52. The monoisotopic (exact) mass is 209 g/mol. The molecule has 1 amide bonds. The lowest BCUT2D eigenvalue weighted by Crippen LogP contribution is -2.42. The van der Waals surface area contributed by atoms with E-state index in [4.69, 9.17) is 0 Å². The molecule has 0 atom stereocenters. The zero-order chi connectivity index (χ0) is 10.7. The van der Waals surface area contributed by atoms with Crippen LogP contribution in [0, 0.1) is 0 Å². The van der Waals surface area contributed by atoms with Crippen LogP contribution in [0.3, 0.4) is 0 Å². The van der Waals surface area contributed by atoms with E-state index < -0.39 is 0 Å². The number of nitrogens with one attached hydrogen (secondary N) is 1. The molecule has 6 heteroatoms. The molecule has 6 nitrogen and oxygen atoms in total. The maximum absolute atomic E-state index is 11.7. The molecule has 0 spiro atoms. The summed E-state index contributed by atoms with van der Waals surface area (Å²) in [4.78, 5) is 13.5. The van der Waals surface area contributed by atoms with E-state index in [2.05, 4.69) is 15.5 Å². The lowest BCUT2D eigenvalue weighted by molar-refractivity contribution is -0.131. The molecule has 0 unspecified atom stereocenters. The third-order valence-corrected chi connectivity index (χ3v) is 2.52. The highest BCUT2D eigenvalue weighted by atomic mass is 16.2. The first-order valence-electron chi connectivity index (χ1n) is 5.16. The third kappa shape index (κ3) is 2.15. The molecule has 82 valence electrons. The predicted molar refractivity (Wildman–Crippen MR) is 54.0 cm³/mol. The number of nitrogens with zero attached hydrogens (tertiary/aromatic N) is 4. The van der Waals surface area contributed by atoms with Crippen LogP contribution in [0.2, 0.25) is 0 Å². The molecule has 0 fully saturated rings. The van der Waals surface area contributed by atoms with E-state index >= 15 is 0 Å². The molecule has 0 aliphatic carbocycles. The largest absolute Gasteiger partial charge is 0.332 e. The van der Waals surface area contributed by atoms with Crippen molar-refractivity contribution in [2.24, 2.45) is 0 Å². The highest BCUT2D eigenvalue weighted by Crippen LogP contribution is 2.08. The van der Waals surface area contributed by atoms with Gasteiger partial charge in [0, 0.05) is 13.1 Å². The number of rotatable bonds is 3. The molecule has 0 bridgehead atoms. The molecule has 1 aliphatic heterocycles. The Hall–Kier alpha value is -1.43. The standard InChI is InChI=1S/C9H15N5O/c1-2-10-5-9(15)13-3-4-14-7-11-12-8(14)6-13/h7,10H,2-6H2,1H3. The van der Waals surface area contributed by atoms with Gasteiger partial charge < -0.3 is 14.8 Å². The van der Waals surface area contributed by atoms with E-state index in [9.17, 15) is 4.79 Å². The maximum atomic E-state index is 11.7. The first kappa shape index (κ1) is 10.1. The first-order chi connectivity index (χ1) is 7.31. The second-order valence-electron chi connectivity index (χ2n) is 3.54. The molecule has 1 N–H and O–H groups in total. The fourth-order valence-electron chi connectivity index (χ4n) is 1.62. The minimum atomic E-state index is 0.131. The van der Waals surface area contributed by atoms with E-state index in [0.717, 1.165) is 25.5 Å². The lowest BCUT2D eigenvalue weighted by atomic mass is 10.3. The van der Waals surface area contributed by atoms with Gasteiger partial charge in [-0.2, -0.15) is 0 Å².